The molecule has 0 bridgehead atoms. The number of rotatable bonds is 6. The van der Waals surface area contributed by atoms with Gasteiger partial charge in [0, 0.05) is 11.4 Å². The highest BCUT2D eigenvalue weighted by Gasteiger charge is 2.17. The molecule has 1 aromatic rings. The molecule has 0 spiro atoms. The quantitative estimate of drug-likeness (QED) is 0.783. The number of benzene rings is 1. The van der Waals surface area contributed by atoms with Gasteiger partial charge in [-0.25, -0.2) is 4.39 Å². The van der Waals surface area contributed by atoms with Crippen LogP contribution in [0.15, 0.2) is 18.2 Å². The van der Waals surface area contributed by atoms with E-state index in [0.29, 0.717) is 12.5 Å². The number of aryl methyl sites for hydroxylation is 1. The molecule has 19 heavy (non-hydrogen) atoms. The molecule has 0 radical (unpaired) electrons. The van der Waals surface area contributed by atoms with E-state index >= 15 is 0 Å². The maximum Gasteiger partial charge on any atom is 0.254 e. The van der Waals surface area contributed by atoms with Gasteiger partial charge in [0.25, 0.3) is 5.91 Å². The molecule has 106 valence electrons. The van der Waals surface area contributed by atoms with E-state index in [-0.39, 0.29) is 16.3 Å². The van der Waals surface area contributed by atoms with E-state index in [1.54, 1.807) is 13.0 Å². The summed E-state index contributed by atoms with van der Waals surface area (Å²) in [6.45, 7) is 6.57. The Balaban J connectivity index is 2.60. The van der Waals surface area contributed by atoms with Crippen LogP contribution in [0.1, 0.15) is 42.6 Å². The topological polar surface area (TPSA) is 29.1 Å². The number of halogens is 2. The monoisotopic (exact) mass is 329 g/mol. The van der Waals surface area contributed by atoms with Gasteiger partial charge >= 0.3 is 0 Å². The lowest BCUT2D eigenvalue weighted by Crippen LogP contribution is -2.33. The Morgan fingerprint density at radius 2 is 2.00 bits per heavy atom. The molecule has 0 saturated heterocycles. The Hall–Kier alpha value is -0.900. The van der Waals surface area contributed by atoms with Crippen LogP contribution in [0.3, 0.4) is 0 Å². The van der Waals surface area contributed by atoms with Crippen molar-refractivity contribution < 1.29 is 9.18 Å². The van der Waals surface area contributed by atoms with Crippen molar-refractivity contribution in [3.05, 3.63) is 35.1 Å². The van der Waals surface area contributed by atoms with Crippen LogP contribution in [0, 0.1) is 18.7 Å². The lowest BCUT2D eigenvalue weighted by Gasteiger charge is -2.20. The largest absolute Gasteiger partial charge is 0.351 e. The second kappa shape index (κ2) is 7.63. The summed E-state index contributed by atoms with van der Waals surface area (Å²) in [4.78, 5) is 12.1. The standard InChI is InChI=1S/C15H21BrFNO/c1-4-11(5-2)13(16)9-18-15(19)12-7-6-10(3)8-14(12)17/h6-8,11,13H,4-5,9H2,1-3H3,(H,18,19). The fraction of sp³-hybridized carbons (Fsp3) is 0.533. The second-order valence-electron chi connectivity index (χ2n) is 4.79. The van der Waals surface area contributed by atoms with Gasteiger partial charge in [0.1, 0.15) is 5.82 Å². The van der Waals surface area contributed by atoms with E-state index in [4.69, 9.17) is 0 Å². The summed E-state index contributed by atoms with van der Waals surface area (Å²) in [7, 11) is 0. The summed E-state index contributed by atoms with van der Waals surface area (Å²) in [5.41, 5.74) is 0.916. The number of amides is 1. The van der Waals surface area contributed by atoms with E-state index in [1.807, 2.05) is 0 Å². The first-order valence-electron chi connectivity index (χ1n) is 6.68. The SMILES string of the molecule is CCC(CC)C(Br)CNC(=O)c1ccc(C)cc1F. The van der Waals surface area contributed by atoms with Crippen molar-refractivity contribution in [2.45, 2.75) is 38.4 Å². The van der Waals surface area contributed by atoms with Crippen LogP contribution >= 0.6 is 15.9 Å². The molecule has 1 amide bonds. The van der Waals surface area contributed by atoms with Gasteiger partial charge in [0.05, 0.1) is 5.56 Å². The fourth-order valence-electron chi connectivity index (χ4n) is 2.06. The summed E-state index contributed by atoms with van der Waals surface area (Å²) in [5.74, 6) is -0.303. The second-order valence-corrected chi connectivity index (χ2v) is 5.96. The minimum absolute atomic E-state index is 0.106. The van der Waals surface area contributed by atoms with Gasteiger partial charge in [-0.3, -0.25) is 4.79 Å². The van der Waals surface area contributed by atoms with Crippen molar-refractivity contribution in [1.29, 1.82) is 0 Å². The summed E-state index contributed by atoms with van der Waals surface area (Å²) < 4.78 is 13.6. The summed E-state index contributed by atoms with van der Waals surface area (Å²) in [5, 5.41) is 2.78. The Labute approximate surface area is 122 Å². The van der Waals surface area contributed by atoms with Crippen LogP contribution in [0.25, 0.3) is 0 Å². The molecule has 4 heteroatoms. The lowest BCUT2D eigenvalue weighted by atomic mass is 9.99. The number of hydrogen-bond acceptors (Lipinski definition) is 1. The molecule has 0 saturated carbocycles. The molecule has 2 nitrogen and oxygen atoms in total. The fourth-order valence-corrected chi connectivity index (χ4v) is 2.97. The van der Waals surface area contributed by atoms with E-state index in [2.05, 4.69) is 35.1 Å². The highest BCUT2D eigenvalue weighted by molar-refractivity contribution is 9.09. The van der Waals surface area contributed by atoms with Gasteiger partial charge < -0.3 is 5.32 Å². The van der Waals surface area contributed by atoms with Gasteiger partial charge in [-0.2, -0.15) is 0 Å². The first-order valence-corrected chi connectivity index (χ1v) is 7.59. The van der Waals surface area contributed by atoms with Crippen LogP contribution in [0.5, 0.6) is 0 Å². The first kappa shape index (κ1) is 16.2. The third-order valence-corrected chi connectivity index (χ3v) is 4.46. The average molecular weight is 330 g/mol. The van der Waals surface area contributed by atoms with Crippen LogP contribution in [0.4, 0.5) is 4.39 Å². The molecule has 1 rings (SSSR count). The molecule has 0 fully saturated rings. The van der Waals surface area contributed by atoms with Gasteiger partial charge in [0.2, 0.25) is 0 Å². The number of nitrogens with one attached hydrogen (secondary N) is 1. The van der Waals surface area contributed by atoms with Gasteiger partial charge in [-0.1, -0.05) is 48.7 Å². The Morgan fingerprint density at radius 3 is 2.53 bits per heavy atom. The summed E-state index contributed by atoms with van der Waals surface area (Å²) in [6, 6.07) is 4.65. The van der Waals surface area contributed by atoms with Crippen LogP contribution < -0.4 is 5.32 Å². The maximum absolute atomic E-state index is 13.6. The molecule has 1 atom stereocenters. The van der Waals surface area contributed by atoms with Crippen molar-refractivity contribution in [1.82, 2.24) is 5.32 Å². The maximum atomic E-state index is 13.6. The highest BCUT2D eigenvalue weighted by atomic mass is 79.9. The first-order chi connectivity index (χ1) is 8.99. The Bertz CT molecular complexity index is 432. The van der Waals surface area contributed by atoms with Crippen molar-refractivity contribution in [2.24, 2.45) is 5.92 Å². The highest BCUT2D eigenvalue weighted by Crippen LogP contribution is 2.19. The summed E-state index contributed by atoms with van der Waals surface area (Å²) >= 11 is 3.59. The van der Waals surface area contributed by atoms with Gasteiger partial charge in [-0.05, 0) is 30.5 Å². The normalized spacial score (nSPS) is 12.5. The van der Waals surface area contributed by atoms with Crippen molar-refractivity contribution in [3.8, 4) is 0 Å². The zero-order valence-electron chi connectivity index (χ0n) is 11.7. The molecule has 1 aromatic carbocycles. The number of carbonyl (C=O) groups is 1. The molecular formula is C15H21BrFNO. The molecule has 0 aliphatic carbocycles. The van der Waals surface area contributed by atoms with E-state index in [1.165, 1.54) is 12.1 Å². The smallest absolute Gasteiger partial charge is 0.254 e. The molecule has 0 aliphatic rings. The molecule has 0 aliphatic heterocycles. The Morgan fingerprint density at radius 1 is 1.37 bits per heavy atom. The van der Waals surface area contributed by atoms with Gasteiger partial charge in [-0.15, -0.1) is 0 Å². The van der Waals surface area contributed by atoms with Crippen LogP contribution in [-0.2, 0) is 0 Å². The van der Waals surface area contributed by atoms with E-state index < -0.39 is 5.82 Å². The number of alkyl halides is 1. The zero-order chi connectivity index (χ0) is 14.4. The molecular weight excluding hydrogens is 309 g/mol. The third-order valence-electron chi connectivity index (χ3n) is 3.39. The third kappa shape index (κ3) is 4.60. The molecule has 0 aromatic heterocycles. The molecule has 1 unspecified atom stereocenters. The van der Waals surface area contributed by atoms with Crippen molar-refractivity contribution in [2.75, 3.05) is 6.54 Å². The Kier molecular flexibility index (Phi) is 6.49. The van der Waals surface area contributed by atoms with Crippen molar-refractivity contribution in [3.63, 3.8) is 0 Å². The predicted octanol–water partition coefficient (Wildman–Crippen LogP) is 4.06. The van der Waals surface area contributed by atoms with Gasteiger partial charge in [0.15, 0.2) is 0 Å². The molecule has 1 N–H and O–H groups in total. The number of carbonyl (C=O) groups excluding carboxylic acids is 1. The predicted molar refractivity (Wildman–Crippen MR) is 80.3 cm³/mol. The lowest BCUT2D eigenvalue weighted by molar-refractivity contribution is 0.0948. The number of hydrogen-bond donors (Lipinski definition) is 1. The average Bonchev–Trinajstić information content (AvgIpc) is 2.37. The minimum Gasteiger partial charge on any atom is -0.351 e. The van der Waals surface area contributed by atoms with E-state index in [9.17, 15) is 9.18 Å². The minimum atomic E-state index is -0.467. The van der Waals surface area contributed by atoms with Crippen molar-refractivity contribution >= 4 is 21.8 Å². The zero-order valence-corrected chi connectivity index (χ0v) is 13.3. The van der Waals surface area contributed by atoms with E-state index in [0.717, 1.165) is 18.4 Å². The van der Waals surface area contributed by atoms with Crippen LogP contribution in [-0.4, -0.2) is 17.3 Å². The van der Waals surface area contributed by atoms with Crippen LogP contribution in [0.2, 0.25) is 0 Å². The molecule has 0 heterocycles. The summed E-state index contributed by atoms with van der Waals surface area (Å²) in [6.07, 6.45) is 2.11.